The summed E-state index contributed by atoms with van der Waals surface area (Å²) in [4.78, 5) is 10.2. The lowest BCUT2D eigenvalue weighted by atomic mass is 10.2. The molecule has 1 aromatic rings. The van der Waals surface area contributed by atoms with E-state index in [1.54, 1.807) is 0 Å². The Hall–Kier alpha value is -1.49. The van der Waals surface area contributed by atoms with Crippen LogP contribution in [0.25, 0.3) is 0 Å². The Morgan fingerprint density at radius 2 is 2.13 bits per heavy atom. The van der Waals surface area contributed by atoms with Gasteiger partial charge in [0, 0.05) is 18.7 Å². The molecule has 0 heterocycles. The maximum atomic E-state index is 13.0. The minimum absolute atomic E-state index is 0.0447. The molecule has 0 saturated heterocycles. The molecule has 15 heavy (non-hydrogen) atoms. The van der Waals surface area contributed by atoms with E-state index in [4.69, 9.17) is 5.11 Å². The molecule has 0 amide bonds. The third-order valence-corrected chi connectivity index (χ3v) is 1.84. The Morgan fingerprint density at radius 3 is 2.80 bits per heavy atom. The summed E-state index contributed by atoms with van der Waals surface area (Å²) in [6.45, 7) is 0.349. The average molecular weight is 215 g/mol. The summed E-state index contributed by atoms with van der Waals surface area (Å²) in [7, 11) is 0. The van der Waals surface area contributed by atoms with Crippen molar-refractivity contribution in [3.8, 4) is 0 Å². The molecule has 0 radical (unpaired) electrons. The number of rotatable bonds is 5. The molecule has 82 valence electrons. The fourth-order valence-corrected chi connectivity index (χ4v) is 1.10. The van der Waals surface area contributed by atoms with Crippen LogP contribution in [-0.2, 0) is 11.3 Å². The number of hydrogen-bond donors (Lipinski definition) is 2. The van der Waals surface area contributed by atoms with Crippen molar-refractivity contribution in [2.45, 2.75) is 13.0 Å². The molecule has 0 aliphatic heterocycles. The fourth-order valence-electron chi connectivity index (χ4n) is 1.10. The summed E-state index contributed by atoms with van der Waals surface area (Å²) < 4.78 is 25.7. The van der Waals surface area contributed by atoms with Crippen LogP contribution in [0.3, 0.4) is 0 Å². The molecule has 0 unspecified atom stereocenters. The fraction of sp³-hybridized carbons (Fsp3) is 0.300. The first-order chi connectivity index (χ1) is 7.09. The molecule has 0 aliphatic rings. The van der Waals surface area contributed by atoms with E-state index in [0.717, 1.165) is 18.2 Å². The summed E-state index contributed by atoms with van der Waals surface area (Å²) in [5.74, 6) is -1.94. The SMILES string of the molecule is O=C(O)CCNCc1cc(F)ccc1F. The summed E-state index contributed by atoms with van der Waals surface area (Å²) in [6, 6.07) is 3.17. The van der Waals surface area contributed by atoms with Gasteiger partial charge in [0.05, 0.1) is 6.42 Å². The number of aliphatic carboxylic acids is 1. The largest absolute Gasteiger partial charge is 0.481 e. The standard InChI is InChI=1S/C10H11F2NO2/c11-8-1-2-9(12)7(5-8)6-13-4-3-10(14)15/h1-2,5,13H,3-4,6H2,(H,14,15). The molecule has 0 atom stereocenters. The first kappa shape index (κ1) is 11.6. The van der Waals surface area contributed by atoms with Gasteiger partial charge >= 0.3 is 5.97 Å². The smallest absolute Gasteiger partial charge is 0.304 e. The second-order valence-corrected chi connectivity index (χ2v) is 3.06. The van der Waals surface area contributed by atoms with E-state index in [9.17, 15) is 13.6 Å². The van der Waals surface area contributed by atoms with Gasteiger partial charge in [-0.25, -0.2) is 8.78 Å². The highest BCUT2D eigenvalue weighted by atomic mass is 19.1. The van der Waals surface area contributed by atoms with Gasteiger partial charge < -0.3 is 10.4 Å². The monoisotopic (exact) mass is 215 g/mol. The van der Waals surface area contributed by atoms with Crippen LogP contribution in [-0.4, -0.2) is 17.6 Å². The molecular formula is C10H11F2NO2. The van der Waals surface area contributed by atoms with Crippen molar-refractivity contribution < 1.29 is 18.7 Å². The number of carboxylic acids is 1. The summed E-state index contributed by atoms with van der Waals surface area (Å²) >= 11 is 0. The second kappa shape index (κ2) is 5.41. The van der Waals surface area contributed by atoms with Crippen molar-refractivity contribution in [3.63, 3.8) is 0 Å². The molecule has 1 rings (SSSR count). The van der Waals surface area contributed by atoms with Gasteiger partial charge in [-0.05, 0) is 18.2 Å². The van der Waals surface area contributed by atoms with Crippen molar-refractivity contribution in [3.05, 3.63) is 35.4 Å². The van der Waals surface area contributed by atoms with Crippen LogP contribution in [0.2, 0.25) is 0 Å². The predicted molar refractivity (Wildman–Crippen MR) is 50.3 cm³/mol. The Kier molecular flexibility index (Phi) is 4.17. The zero-order valence-electron chi connectivity index (χ0n) is 7.96. The lowest BCUT2D eigenvalue weighted by Crippen LogP contribution is -2.18. The van der Waals surface area contributed by atoms with Gasteiger partial charge in [0.15, 0.2) is 0 Å². The molecular weight excluding hydrogens is 204 g/mol. The van der Waals surface area contributed by atoms with Crippen LogP contribution in [0.1, 0.15) is 12.0 Å². The maximum Gasteiger partial charge on any atom is 0.304 e. The van der Waals surface area contributed by atoms with Crippen molar-refractivity contribution in [2.24, 2.45) is 0 Å². The van der Waals surface area contributed by atoms with Gasteiger partial charge in [0.2, 0.25) is 0 Å². The molecule has 0 spiro atoms. The Morgan fingerprint density at radius 1 is 1.40 bits per heavy atom. The Balaban J connectivity index is 2.43. The highest BCUT2D eigenvalue weighted by Gasteiger charge is 2.03. The number of carbonyl (C=O) groups is 1. The Bertz CT molecular complexity index is 355. The van der Waals surface area contributed by atoms with E-state index in [1.165, 1.54) is 0 Å². The van der Waals surface area contributed by atoms with Crippen molar-refractivity contribution >= 4 is 5.97 Å². The second-order valence-electron chi connectivity index (χ2n) is 3.06. The van der Waals surface area contributed by atoms with Gasteiger partial charge in [-0.3, -0.25) is 4.79 Å². The summed E-state index contributed by atoms with van der Waals surface area (Å²) in [6.07, 6.45) is -0.0447. The number of nitrogens with one attached hydrogen (secondary N) is 1. The normalized spacial score (nSPS) is 10.3. The number of hydrogen-bond acceptors (Lipinski definition) is 2. The number of halogens is 2. The van der Waals surface area contributed by atoms with Crippen LogP contribution >= 0.6 is 0 Å². The average Bonchev–Trinajstić information content (AvgIpc) is 2.17. The molecule has 0 aliphatic carbocycles. The first-order valence-corrected chi connectivity index (χ1v) is 4.46. The first-order valence-electron chi connectivity index (χ1n) is 4.46. The van der Waals surface area contributed by atoms with E-state index in [0.29, 0.717) is 0 Å². The van der Waals surface area contributed by atoms with Crippen LogP contribution in [0.4, 0.5) is 8.78 Å². The molecule has 0 bridgehead atoms. The van der Waals surface area contributed by atoms with E-state index < -0.39 is 17.6 Å². The van der Waals surface area contributed by atoms with Crippen LogP contribution in [0.5, 0.6) is 0 Å². The molecule has 1 aromatic carbocycles. The van der Waals surface area contributed by atoms with Crippen LogP contribution < -0.4 is 5.32 Å². The minimum atomic E-state index is -0.929. The highest BCUT2D eigenvalue weighted by Crippen LogP contribution is 2.08. The van der Waals surface area contributed by atoms with Crippen molar-refractivity contribution in [1.29, 1.82) is 0 Å². The van der Waals surface area contributed by atoms with Gasteiger partial charge in [0.25, 0.3) is 0 Å². The molecule has 2 N–H and O–H groups in total. The van der Waals surface area contributed by atoms with Crippen molar-refractivity contribution in [2.75, 3.05) is 6.54 Å². The molecule has 3 nitrogen and oxygen atoms in total. The maximum absolute atomic E-state index is 13.0. The molecule has 0 saturated carbocycles. The zero-order valence-corrected chi connectivity index (χ0v) is 7.96. The van der Waals surface area contributed by atoms with Crippen LogP contribution in [0.15, 0.2) is 18.2 Å². The topological polar surface area (TPSA) is 49.3 Å². The molecule has 0 aromatic heterocycles. The summed E-state index contributed by atoms with van der Waals surface area (Å²) in [5.41, 5.74) is 0.195. The van der Waals surface area contributed by atoms with Gasteiger partial charge in [-0.1, -0.05) is 0 Å². The third-order valence-electron chi connectivity index (χ3n) is 1.84. The van der Waals surface area contributed by atoms with E-state index in [-0.39, 0.29) is 25.1 Å². The third kappa shape index (κ3) is 4.03. The van der Waals surface area contributed by atoms with Gasteiger partial charge in [0.1, 0.15) is 11.6 Å². The van der Waals surface area contributed by atoms with Crippen LogP contribution in [0, 0.1) is 11.6 Å². The molecule has 5 heteroatoms. The van der Waals surface area contributed by atoms with Crippen molar-refractivity contribution in [1.82, 2.24) is 5.32 Å². The summed E-state index contributed by atoms with van der Waals surface area (Å²) in [5, 5.41) is 11.0. The number of carboxylic acid groups (broad SMARTS) is 1. The number of benzene rings is 1. The van der Waals surface area contributed by atoms with E-state index in [2.05, 4.69) is 5.32 Å². The quantitative estimate of drug-likeness (QED) is 0.732. The van der Waals surface area contributed by atoms with E-state index in [1.807, 2.05) is 0 Å². The van der Waals surface area contributed by atoms with Gasteiger partial charge in [-0.15, -0.1) is 0 Å². The Labute approximate surface area is 85.7 Å². The highest BCUT2D eigenvalue weighted by molar-refractivity contribution is 5.66. The lowest BCUT2D eigenvalue weighted by Gasteiger charge is -2.04. The molecule has 0 fully saturated rings. The van der Waals surface area contributed by atoms with E-state index >= 15 is 0 Å². The lowest BCUT2D eigenvalue weighted by molar-refractivity contribution is -0.136. The zero-order chi connectivity index (χ0) is 11.3. The predicted octanol–water partition coefficient (Wildman–Crippen LogP) is 1.53. The minimum Gasteiger partial charge on any atom is -0.481 e. The van der Waals surface area contributed by atoms with Gasteiger partial charge in [-0.2, -0.15) is 0 Å².